The fourth-order valence-corrected chi connectivity index (χ4v) is 3.65. The van der Waals surface area contributed by atoms with Crippen LogP contribution in [0.15, 0.2) is 53.7 Å². The Hall–Kier alpha value is -1.85. The first-order chi connectivity index (χ1) is 11.7. The van der Waals surface area contributed by atoms with E-state index in [2.05, 4.69) is 14.8 Å². The van der Waals surface area contributed by atoms with Gasteiger partial charge in [-0.15, -0.1) is 10.2 Å². The molecule has 4 rings (SSSR count). The Labute approximate surface area is 148 Å². The van der Waals surface area contributed by atoms with Crippen molar-refractivity contribution in [1.29, 1.82) is 0 Å². The van der Waals surface area contributed by atoms with E-state index in [1.165, 1.54) is 12.1 Å². The highest BCUT2D eigenvalue weighted by atomic mass is 35.5. The van der Waals surface area contributed by atoms with Crippen LogP contribution in [0.25, 0.3) is 11.4 Å². The zero-order chi connectivity index (χ0) is 16.5. The number of nitrogens with zero attached hydrogens (tertiary/aromatic N) is 3. The van der Waals surface area contributed by atoms with Crippen molar-refractivity contribution in [3.63, 3.8) is 0 Å². The van der Waals surface area contributed by atoms with Crippen LogP contribution >= 0.6 is 23.4 Å². The highest BCUT2D eigenvalue weighted by molar-refractivity contribution is 7.98. The average Bonchev–Trinajstić information content (AvgIpc) is 3.35. The second kappa shape index (κ2) is 6.57. The SMILES string of the molecule is Fc1ccc(CSc2nnc(-c3ccc(Cl)cc3)n2C2CC2)cc1. The lowest BCUT2D eigenvalue weighted by molar-refractivity contribution is 0.627. The fraction of sp³-hybridized carbons (Fsp3) is 0.222. The first-order valence-electron chi connectivity index (χ1n) is 7.79. The van der Waals surface area contributed by atoms with E-state index in [1.807, 2.05) is 24.3 Å². The van der Waals surface area contributed by atoms with Crippen molar-refractivity contribution in [2.75, 3.05) is 0 Å². The summed E-state index contributed by atoms with van der Waals surface area (Å²) in [6.07, 6.45) is 2.31. The van der Waals surface area contributed by atoms with Crippen LogP contribution in [0.5, 0.6) is 0 Å². The largest absolute Gasteiger partial charge is 0.299 e. The van der Waals surface area contributed by atoms with Crippen molar-refractivity contribution in [3.8, 4) is 11.4 Å². The van der Waals surface area contributed by atoms with Crippen LogP contribution in [0.2, 0.25) is 5.02 Å². The quantitative estimate of drug-likeness (QED) is 0.574. The zero-order valence-electron chi connectivity index (χ0n) is 12.8. The molecule has 0 saturated heterocycles. The summed E-state index contributed by atoms with van der Waals surface area (Å²) in [5, 5.41) is 10.4. The lowest BCUT2D eigenvalue weighted by Crippen LogP contribution is -1.99. The van der Waals surface area contributed by atoms with Crippen molar-refractivity contribution >= 4 is 23.4 Å². The summed E-state index contributed by atoms with van der Waals surface area (Å²) in [5.74, 6) is 1.41. The summed E-state index contributed by atoms with van der Waals surface area (Å²) < 4.78 is 15.2. The summed E-state index contributed by atoms with van der Waals surface area (Å²) in [5.41, 5.74) is 2.09. The highest BCUT2D eigenvalue weighted by Crippen LogP contribution is 2.41. The van der Waals surface area contributed by atoms with Gasteiger partial charge in [-0.1, -0.05) is 35.5 Å². The summed E-state index contributed by atoms with van der Waals surface area (Å²) >= 11 is 7.61. The van der Waals surface area contributed by atoms with E-state index in [0.717, 1.165) is 40.7 Å². The lowest BCUT2D eigenvalue weighted by Gasteiger charge is -2.09. The van der Waals surface area contributed by atoms with Crippen molar-refractivity contribution < 1.29 is 4.39 Å². The van der Waals surface area contributed by atoms with E-state index in [9.17, 15) is 4.39 Å². The van der Waals surface area contributed by atoms with Gasteiger partial charge in [-0.3, -0.25) is 4.57 Å². The molecule has 0 N–H and O–H groups in total. The maximum absolute atomic E-state index is 13.0. The number of thioether (sulfide) groups is 1. The summed E-state index contributed by atoms with van der Waals surface area (Å²) in [4.78, 5) is 0. The number of hydrogen-bond donors (Lipinski definition) is 0. The normalized spacial score (nSPS) is 14.1. The van der Waals surface area contributed by atoms with Crippen molar-refractivity contribution in [2.24, 2.45) is 0 Å². The zero-order valence-corrected chi connectivity index (χ0v) is 14.4. The van der Waals surface area contributed by atoms with E-state index in [1.54, 1.807) is 23.9 Å². The molecule has 3 nitrogen and oxygen atoms in total. The molecule has 0 unspecified atom stereocenters. The Morgan fingerprint density at radius 1 is 1.04 bits per heavy atom. The third-order valence-corrected chi connectivity index (χ3v) is 5.23. The minimum absolute atomic E-state index is 0.213. The van der Waals surface area contributed by atoms with Crippen molar-refractivity contribution in [3.05, 3.63) is 64.9 Å². The van der Waals surface area contributed by atoms with Gasteiger partial charge in [-0.05, 0) is 54.8 Å². The third-order valence-electron chi connectivity index (χ3n) is 3.96. The van der Waals surface area contributed by atoms with Gasteiger partial charge in [0.1, 0.15) is 5.82 Å². The smallest absolute Gasteiger partial charge is 0.192 e. The van der Waals surface area contributed by atoms with Crippen LogP contribution < -0.4 is 0 Å². The van der Waals surface area contributed by atoms with Gasteiger partial charge in [0, 0.05) is 22.4 Å². The molecule has 1 aliphatic carbocycles. The maximum Gasteiger partial charge on any atom is 0.192 e. The molecule has 0 atom stereocenters. The molecule has 0 bridgehead atoms. The number of benzene rings is 2. The van der Waals surface area contributed by atoms with Crippen LogP contribution in [0.4, 0.5) is 4.39 Å². The lowest BCUT2D eigenvalue weighted by atomic mass is 10.2. The second-order valence-electron chi connectivity index (χ2n) is 5.83. The molecule has 0 spiro atoms. The molecule has 3 aromatic rings. The van der Waals surface area contributed by atoms with Gasteiger partial charge in [0.2, 0.25) is 0 Å². The van der Waals surface area contributed by atoms with Gasteiger partial charge >= 0.3 is 0 Å². The number of halogens is 2. The number of aromatic nitrogens is 3. The molecule has 2 aromatic carbocycles. The second-order valence-corrected chi connectivity index (χ2v) is 7.21. The molecule has 1 heterocycles. The van der Waals surface area contributed by atoms with Gasteiger partial charge in [0.25, 0.3) is 0 Å². The average molecular weight is 360 g/mol. The van der Waals surface area contributed by atoms with E-state index >= 15 is 0 Å². The van der Waals surface area contributed by atoms with Crippen LogP contribution in [0.3, 0.4) is 0 Å². The Balaban J connectivity index is 1.59. The van der Waals surface area contributed by atoms with Crippen LogP contribution in [0.1, 0.15) is 24.4 Å². The van der Waals surface area contributed by atoms with Gasteiger partial charge in [0.15, 0.2) is 11.0 Å². The van der Waals surface area contributed by atoms with Gasteiger partial charge in [-0.2, -0.15) is 0 Å². The van der Waals surface area contributed by atoms with E-state index in [-0.39, 0.29) is 5.82 Å². The molecular weight excluding hydrogens is 345 g/mol. The first-order valence-corrected chi connectivity index (χ1v) is 9.15. The van der Waals surface area contributed by atoms with Crippen LogP contribution in [-0.4, -0.2) is 14.8 Å². The van der Waals surface area contributed by atoms with Crippen LogP contribution in [-0.2, 0) is 5.75 Å². The summed E-state index contributed by atoms with van der Waals surface area (Å²) in [6.45, 7) is 0. The Bertz CT molecular complexity index is 842. The fourth-order valence-electron chi connectivity index (χ4n) is 2.56. The van der Waals surface area contributed by atoms with E-state index in [0.29, 0.717) is 11.1 Å². The van der Waals surface area contributed by atoms with E-state index < -0.39 is 0 Å². The van der Waals surface area contributed by atoms with Crippen molar-refractivity contribution in [2.45, 2.75) is 29.8 Å². The molecule has 24 heavy (non-hydrogen) atoms. The molecule has 1 aliphatic rings. The third kappa shape index (κ3) is 3.32. The molecule has 122 valence electrons. The topological polar surface area (TPSA) is 30.7 Å². The minimum Gasteiger partial charge on any atom is -0.299 e. The molecule has 6 heteroatoms. The van der Waals surface area contributed by atoms with Gasteiger partial charge < -0.3 is 0 Å². The molecule has 0 radical (unpaired) electrons. The number of hydrogen-bond acceptors (Lipinski definition) is 3. The molecule has 0 amide bonds. The summed E-state index contributed by atoms with van der Waals surface area (Å²) in [7, 11) is 0. The standard InChI is InChI=1S/C18H15ClFN3S/c19-14-5-3-13(4-6-14)17-21-22-18(23(17)16-9-10-16)24-11-12-1-7-15(20)8-2-12/h1-8,16H,9-11H2. The van der Waals surface area contributed by atoms with Crippen LogP contribution in [0, 0.1) is 5.82 Å². The number of rotatable bonds is 5. The maximum atomic E-state index is 13.0. The first kappa shape index (κ1) is 15.7. The minimum atomic E-state index is -0.213. The predicted molar refractivity (Wildman–Crippen MR) is 94.7 cm³/mol. The molecule has 1 fully saturated rings. The summed E-state index contributed by atoms with van der Waals surface area (Å²) in [6, 6.07) is 14.7. The van der Waals surface area contributed by atoms with Gasteiger partial charge in [-0.25, -0.2) is 4.39 Å². The predicted octanol–water partition coefficient (Wildman–Crippen LogP) is 5.36. The molecular formula is C18H15ClFN3S. The van der Waals surface area contributed by atoms with E-state index in [4.69, 9.17) is 11.6 Å². The molecule has 1 saturated carbocycles. The van der Waals surface area contributed by atoms with Gasteiger partial charge in [0.05, 0.1) is 0 Å². The Morgan fingerprint density at radius 3 is 2.42 bits per heavy atom. The Kier molecular flexibility index (Phi) is 4.29. The molecule has 1 aromatic heterocycles. The molecule has 0 aliphatic heterocycles. The Morgan fingerprint density at radius 2 is 1.75 bits per heavy atom. The van der Waals surface area contributed by atoms with Crippen molar-refractivity contribution in [1.82, 2.24) is 14.8 Å². The monoisotopic (exact) mass is 359 g/mol. The highest BCUT2D eigenvalue weighted by Gasteiger charge is 2.30.